The van der Waals surface area contributed by atoms with Gasteiger partial charge in [0.15, 0.2) is 0 Å². The van der Waals surface area contributed by atoms with Crippen molar-refractivity contribution >= 4 is 7.82 Å². The van der Waals surface area contributed by atoms with Gasteiger partial charge in [0.2, 0.25) is 0 Å². The maximum absolute atomic E-state index is 12.2. The lowest BCUT2D eigenvalue weighted by Gasteiger charge is -2.46. The van der Waals surface area contributed by atoms with Crippen LogP contribution in [-0.4, -0.2) is 26.4 Å². The molecule has 1 atom stereocenters. The Bertz CT molecular complexity index is 960. The monoisotopic (exact) mass is 438 g/mol. The maximum atomic E-state index is 12.2. The molecule has 0 aromatic heterocycles. The lowest BCUT2D eigenvalue weighted by atomic mass is 9.76. The van der Waals surface area contributed by atoms with Crippen molar-refractivity contribution in [1.82, 2.24) is 0 Å². The van der Waals surface area contributed by atoms with Crippen LogP contribution in [0.1, 0.15) is 24.5 Å². The van der Waals surface area contributed by atoms with Crippen LogP contribution in [0.3, 0.4) is 0 Å². The quantitative estimate of drug-likeness (QED) is 0.547. The first-order valence-corrected chi connectivity index (χ1v) is 12.2. The number of rotatable bonds is 6. The van der Waals surface area contributed by atoms with Crippen molar-refractivity contribution in [2.24, 2.45) is 11.3 Å². The Morgan fingerprint density at radius 2 is 1.52 bits per heavy atom. The lowest BCUT2D eigenvalue weighted by Crippen LogP contribution is -2.50. The Labute approximate surface area is 183 Å². The van der Waals surface area contributed by atoms with E-state index >= 15 is 0 Å². The first kappa shape index (κ1) is 20.9. The van der Waals surface area contributed by atoms with Gasteiger partial charge in [-0.25, -0.2) is 4.57 Å². The number of fused-ring (bicyclic) bond motifs is 3. The van der Waals surface area contributed by atoms with E-state index in [1.807, 2.05) is 36.4 Å². The summed E-state index contributed by atoms with van der Waals surface area (Å²) in [6.07, 6.45) is 7.71. The average Bonchev–Trinajstić information content (AvgIpc) is 2.82. The summed E-state index contributed by atoms with van der Waals surface area (Å²) < 4.78 is 35.3. The minimum absolute atomic E-state index is 0.301. The third-order valence-corrected chi connectivity index (χ3v) is 7.55. The maximum Gasteiger partial charge on any atom is 0.474 e. The van der Waals surface area contributed by atoms with Gasteiger partial charge in [0.1, 0.15) is 5.60 Å². The van der Waals surface area contributed by atoms with Gasteiger partial charge >= 0.3 is 7.82 Å². The summed E-state index contributed by atoms with van der Waals surface area (Å²) in [6.45, 7) is 3.47. The third kappa shape index (κ3) is 3.86. The van der Waals surface area contributed by atoms with Gasteiger partial charge in [0.25, 0.3) is 0 Å². The molecule has 5 nitrogen and oxygen atoms in total. The van der Waals surface area contributed by atoms with Crippen molar-refractivity contribution in [1.29, 1.82) is 0 Å². The number of phosphoric ester groups is 1. The SMILES string of the molecule is CC1C=C(C(OCC23COP(=O)(OC2)OC3)(c2ccccc2)c2ccccc2)C=CC1. The molecule has 3 heterocycles. The standard InChI is InChI=1S/C25H27O5P/c1-20-9-8-14-23(15-20)25(21-10-4-2-5-11-21,22-12-6-3-7-13-22)27-16-24-17-28-31(26,29-18-24)30-19-24/h2-8,10-15,20H,9,16-19H2,1H3. The number of ether oxygens (including phenoxy) is 1. The summed E-state index contributed by atoms with van der Waals surface area (Å²) in [5.41, 5.74) is 1.94. The van der Waals surface area contributed by atoms with Crippen molar-refractivity contribution in [3.05, 3.63) is 95.6 Å². The highest BCUT2D eigenvalue weighted by molar-refractivity contribution is 7.48. The molecule has 4 aliphatic rings. The summed E-state index contributed by atoms with van der Waals surface area (Å²) in [7, 11) is -3.36. The van der Waals surface area contributed by atoms with E-state index in [1.165, 1.54) is 0 Å². The van der Waals surface area contributed by atoms with Gasteiger partial charge in [-0.2, -0.15) is 0 Å². The summed E-state index contributed by atoms with van der Waals surface area (Å²) >= 11 is 0. The zero-order valence-electron chi connectivity index (χ0n) is 17.6. The summed E-state index contributed by atoms with van der Waals surface area (Å²) in [6, 6.07) is 20.6. The number of hydrogen-bond acceptors (Lipinski definition) is 5. The molecule has 2 bridgehead atoms. The van der Waals surface area contributed by atoms with Crippen LogP contribution in [0.25, 0.3) is 0 Å². The van der Waals surface area contributed by atoms with E-state index in [0.29, 0.717) is 32.3 Å². The molecule has 1 unspecified atom stereocenters. The molecule has 6 rings (SSSR count). The molecular formula is C25H27O5P. The molecule has 0 saturated carbocycles. The smallest absolute Gasteiger partial charge is 0.360 e. The Kier molecular flexibility index (Phi) is 5.49. The fourth-order valence-corrected chi connectivity index (χ4v) is 5.96. The first-order chi connectivity index (χ1) is 15.0. The Morgan fingerprint density at radius 3 is 2.03 bits per heavy atom. The lowest BCUT2D eigenvalue weighted by molar-refractivity contribution is -0.146. The van der Waals surface area contributed by atoms with Crippen LogP contribution in [-0.2, 0) is 28.5 Å². The molecule has 0 amide bonds. The predicted molar refractivity (Wildman–Crippen MR) is 119 cm³/mol. The van der Waals surface area contributed by atoms with Gasteiger partial charge in [0.05, 0.1) is 31.8 Å². The first-order valence-electron chi connectivity index (χ1n) is 10.7. The van der Waals surface area contributed by atoms with Crippen LogP contribution in [0.5, 0.6) is 0 Å². The largest absolute Gasteiger partial charge is 0.474 e. The van der Waals surface area contributed by atoms with E-state index in [2.05, 4.69) is 49.4 Å². The molecule has 0 N–H and O–H groups in total. The van der Waals surface area contributed by atoms with Crippen LogP contribution in [0.15, 0.2) is 84.5 Å². The van der Waals surface area contributed by atoms with Crippen LogP contribution in [0.2, 0.25) is 0 Å². The van der Waals surface area contributed by atoms with Crippen molar-refractivity contribution in [2.45, 2.75) is 18.9 Å². The van der Waals surface area contributed by atoms with E-state index in [-0.39, 0.29) is 0 Å². The minimum Gasteiger partial charge on any atom is -0.360 e. The van der Waals surface area contributed by atoms with Gasteiger partial charge in [0, 0.05) is 0 Å². The fraction of sp³-hybridized carbons (Fsp3) is 0.360. The molecule has 3 saturated heterocycles. The number of phosphoric acid groups is 1. The van der Waals surface area contributed by atoms with E-state index in [9.17, 15) is 4.57 Å². The average molecular weight is 438 g/mol. The van der Waals surface area contributed by atoms with Gasteiger partial charge in [-0.15, -0.1) is 0 Å². The second-order valence-electron chi connectivity index (χ2n) is 8.71. The van der Waals surface area contributed by atoms with E-state index < -0.39 is 18.8 Å². The Balaban J connectivity index is 1.60. The molecule has 1 aliphatic carbocycles. The highest BCUT2D eigenvalue weighted by Crippen LogP contribution is 2.60. The summed E-state index contributed by atoms with van der Waals surface area (Å²) in [4.78, 5) is 0. The fourth-order valence-electron chi connectivity index (χ4n) is 4.44. The number of hydrogen-bond donors (Lipinski definition) is 0. The predicted octanol–water partition coefficient (Wildman–Crippen LogP) is 5.64. The van der Waals surface area contributed by atoms with Gasteiger partial charge in [-0.3, -0.25) is 13.6 Å². The normalized spacial score (nSPS) is 30.2. The van der Waals surface area contributed by atoms with E-state index in [0.717, 1.165) is 23.1 Å². The van der Waals surface area contributed by atoms with Gasteiger partial charge in [-0.1, -0.05) is 85.8 Å². The third-order valence-electron chi connectivity index (χ3n) is 6.22. The number of benzene rings is 2. The van der Waals surface area contributed by atoms with Gasteiger partial charge in [-0.05, 0) is 29.0 Å². The van der Waals surface area contributed by atoms with Crippen molar-refractivity contribution < 1.29 is 22.9 Å². The van der Waals surface area contributed by atoms with E-state index in [4.69, 9.17) is 18.3 Å². The molecule has 3 fully saturated rings. The van der Waals surface area contributed by atoms with E-state index in [1.54, 1.807) is 0 Å². The highest BCUT2D eigenvalue weighted by atomic mass is 31.2. The van der Waals surface area contributed by atoms with Crippen LogP contribution >= 0.6 is 7.82 Å². The van der Waals surface area contributed by atoms with Crippen molar-refractivity contribution in [2.75, 3.05) is 26.4 Å². The Morgan fingerprint density at radius 1 is 0.968 bits per heavy atom. The second kappa shape index (κ2) is 8.16. The minimum atomic E-state index is -3.36. The molecular weight excluding hydrogens is 411 g/mol. The summed E-state index contributed by atoms with van der Waals surface area (Å²) in [5.74, 6) is 0.416. The number of allylic oxidation sites excluding steroid dienone is 2. The van der Waals surface area contributed by atoms with Crippen LogP contribution < -0.4 is 0 Å². The molecule has 6 heteroatoms. The molecule has 0 spiro atoms. The molecule has 2 aromatic rings. The Hall–Kier alpha value is -2.01. The molecule has 162 valence electrons. The summed E-state index contributed by atoms with van der Waals surface area (Å²) in [5, 5.41) is 0. The molecule has 31 heavy (non-hydrogen) atoms. The molecule has 0 radical (unpaired) electrons. The molecule has 3 aliphatic heterocycles. The van der Waals surface area contributed by atoms with Crippen LogP contribution in [0, 0.1) is 11.3 Å². The van der Waals surface area contributed by atoms with Crippen LogP contribution in [0.4, 0.5) is 0 Å². The van der Waals surface area contributed by atoms with Crippen molar-refractivity contribution in [3.63, 3.8) is 0 Å². The zero-order valence-corrected chi connectivity index (χ0v) is 18.5. The second-order valence-corrected chi connectivity index (χ2v) is 10.4. The topological polar surface area (TPSA) is 54.0 Å². The van der Waals surface area contributed by atoms with Crippen molar-refractivity contribution in [3.8, 4) is 0 Å². The highest BCUT2D eigenvalue weighted by Gasteiger charge is 2.52. The van der Waals surface area contributed by atoms with Gasteiger partial charge < -0.3 is 4.74 Å². The zero-order chi connectivity index (χ0) is 21.4. The molecule has 2 aromatic carbocycles.